The summed E-state index contributed by atoms with van der Waals surface area (Å²) < 4.78 is 20.2. The summed E-state index contributed by atoms with van der Waals surface area (Å²) in [6.45, 7) is 0.00195. The fourth-order valence-electron chi connectivity index (χ4n) is 10.3. The fourth-order valence-corrected chi connectivity index (χ4v) is 10.3. The van der Waals surface area contributed by atoms with E-state index in [1.165, 1.54) is 22.1 Å². The molecular weight excluding hydrogens is 735 g/mol. The Morgan fingerprint density at radius 3 is 1.45 bits per heavy atom. The van der Waals surface area contributed by atoms with E-state index >= 15 is 0 Å². The lowest BCUT2D eigenvalue weighted by Gasteiger charge is -2.43. The van der Waals surface area contributed by atoms with Crippen molar-refractivity contribution in [1.29, 1.82) is 0 Å². The van der Waals surface area contributed by atoms with Crippen LogP contribution in [0.4, 0.5) is 34.1 Å². The van der Waals surface area contributed by atoms with Gasteiger partial charge >= 0.3 is 0 Å². The van der Waals surface area contributed by atoms with Crippen molar-refractivity contribution >= 4 is 123 Å². The van der Waals surface area contributed by atoms with E-state index in [0.717, 1.165) is 105 Å². The molecule has 0 radical (unpaired) electrons. The van der Waals surface area contributed by atoms with Crippen molar-refractivity contribution in [2.45, 2.75) is 0 Å². The zero-order valence-electron chi connectivity index (χ0n) is 32.1. The molecule has 0 saturated heterocycles. The van der Waals surface area contributed by atoms with Crippen LogP contribution in [0.2, 0.25) is 0 Å². The monoisotopic (exact) mass is 766 g/mol. The van der Waals surface area contributed by atoms with Crippen LogP contribution in [0.3, 0.4) is 0 Å². The van der Waals surface area contributed by atoms with Crippen molar-refractivity contribution in [2.75, 3.05) is 9.80 Å². The first-order valence-corrected chi connectivity index (χ1v) is 20.5. The molecular formula is C54H31BN2O3. The summed E-state index contributed by atoms with van der Waals surface area (Å²) in [5, 5.41) is 6.55. The number of furan rings is 3. The van der Waals surface area contributed by atoms with E-state index in [1.54, 1.807) is 0 Å². The van der Waals surface area contributed by atoms with Crippen LogP contribution in [0.25, 0.3) is 76.9 Å². The van der Waals surface area contributed by atoms with Gasteiger partial charge in [-0.1, -0.05) is 127 Å². The van der Waals surface area contributed by atoms with Gasteiger partial charge in [-0.25, -0.2) is 0 Å². The second-order valence-electron chi connectivity index (χ2n) is 15.9. The molecule has 0 fully saturated rings. The van der Waals surface area contributed by atoms with E-state index < -0.39 is 0 Å². The molecule has 0 bridgehead atoms. The minimum absolute atomic E-state index is 0.00195. The van der Waals surface area contributed by atoms with Gasteiger partial charge in [0.1, 0.15) is 28.0 Å². The summed E-state index contributed by atoms with van der Waals surface area (Å²) in [6, 6.07) is 67.0. The van der Waals surface area contributed by atoms with Crippen molar-refractivity contribution < 1.29 is 13.3 Å². The minimum Gasteiger partial charge on any atom is -0.455 e. The summed E-state index contributed by atoms with van der Waals surface area (Å²) in [6.07, 6.45) is 0. The van der Waals surface area contributed by atoms with Crippen LogP contribution < -0.4 is 26.2 Å². The van der Waals surface area contributed by atoms with Crippen molar-refractivity contribution in [3.05, 3.63) is 188 Å². The summed E-state index contributed by atoms with van der Waals surface area (Å²) in [4.78, 5) is 4.84. The Labute approximate surface area is 344 Å². The second-order valence-corrected chi connectivity index (χ2v) is 15.9. The highest BCUT2D eigenvalue weighted by Crippen LogP contribution is 2.51. The predicted molar refractivity (Wildman–Crippen MR) is 248 cm³/mol. The molecule has 0 aliphatic carbocycles. The van der Waals surface area contributed by atoms with Crippen molar-refractivity contribution in [2.24, 2.45) is 0 Å². The highest BCUT2D eigenvalue weighted by Gasteiger charge is 2.44. The zero-order valence-corrected chi connectivity index (χ0v) is 32.1. The Hall–Kier alpha value is -7.96. The topological polar surface area (TPSA) is 45.9 Å². The van der Waals surface area contributed by atoms with E-state index in [2.05, 4.69) is 174 Å². The van der Waals surface area contributed by atoms with Crippen molar-refractivity contribution in [3.8, 4) is 11.1 Å². The molecule has 2 aliphatic heterocycles. The van der Waals surface area contributed by atoms with Gasteiger partial charge in [-0.05, 0) is 82.6 Å². The van der Waals surface area contributed by atoms with Gasteiger partial charge in [0.15, 0.2) is 11.2 Å². The van der Waals surface area contributed by atoms with Crippen LogP contribution in [0.15, 0.2) is 201 Å². The molecule has 0 spiro atoms. The van der Waals surface area contributed by atoms with Gasteiger partial charge in [0.25, 0.3) is 6.71 Å². The first kappa shape index (κ1) is 32.1. The summed E-state index contributed by atoms with van der Waals surface area (Å²) in [5.41, 5.74) is 17.5. The average Bonchev–Trinajstić information content (AvgIpc) is 4.00. The highest BCUT2D eigenvalue weighted by atomic mass is 16.3. The predicted octanol–water partition coefficient (Wildman–Crippen LogP) is 13.1. The number of benzene rings is 9. The molecule has 5 heterocycles. The SMILES string of the molecule is c1ccc2c(c1)B1c3ccccc3N(c3c4oc5ccccc5c4cc4c3oc3ccccc34)c3cccc(c31)N2c1ccc(-c2cccc3c2oc2ccccc23)cc1. The van der Waals surface area contributed by atoms with Gasteiger partial charge in [-0.2, -0.15) is 0 Å². The second kappa shape index (κ2) is 11.8. The van der Waals surface area contributed by atoms with E-state index in [-0.39, 0.29) is 6.71 Å². The molecule has 0 amide bonds. The number of hydrogen-bond acceptors (Lipinski definition) is 5. The number of fused-ring (bicyclic) bond motifs is 13. The van der Waals surface area contributed by atoms with Crippen LogP contribution in [0.5, 0.6) is 0 Å². The first-order chi connectivity index (χ1) is 29.8. The Bertz CT molecular complexity index is 3670. The Kier molecular flexibility index (Phi) is 6.31. The van der Waals surface area contributed by atoms with Gasteiger partial charge in [-0.15, -0.1) is 0 Å². The van der Waals surface area contributed by atoms with Gasteiger partial charge in [0, 0.05) is 66.3 Å². The van der Waals surface area contributed by atoms with Crippen LogP contribution in [0.1, 0.15) is 0 Å². The molecule has 0 saturated carbocycles. The summed E-state index contributed by atoms with van der Waals surface area (Å²) in [7, 11) is 0. The quantitative estimate of drug-likeness (QED) is 0.168. The summed E-state index contributed by atoms with van der Waals surface area (Å²) >= 11 is 0. The van der Waals surface area contributed by atoms with Crippen LogP contribution in [-0.4, -0.2) is 6.71 Å². The van der Waals surface area contributed by atoms with Crippen molar-refractivity contribution in [3.63, 3.8) is 0 Å². The Morgan fingerprint density at radius 2 is 0.817 bits per heavy atom. The standard InChI is InChI=1S/C54H31BN2O3/c1-8-24-47-35(13-1)38-17-11-16-34(52(38)58-47)32-27-29-33(30-28-32)56-43-20-6-4-18-41(43)55-42-19-5-7-21-44(42)57(46-23-12-22-45(56)50(46)55)51-53-39(36-14-2-9-25-48(36)59-53)31-40-37-15-3-10-26-49(37)60-54(40)51/h1-31H. The number of para-hydroxylation sites is 6. The maximum Gasteiger partial charge on any atom is 0.252 e. The lowest BCUT2D eigenvalue weighted by molar-refractivity contribution is 0.656. The average molecular weight is 767 g/mol. The van der Waals surface area contributed by atoms with Gasteiger partial charge in [0.05, 0.1) is 0 Å². The number of anilines is 6. The molecule has 0 atom stereocenters. The highest BCUT2D eigenvalue weighted by molar-refractivity contribution is 7.00. The third-order valence-electron chi connectivity index (χ3n) is 12.9. The maximum absolute atomic E-state index is 6.89. The first-order valence-electron chi connectivity index (χ1n) is 20.5. The Morgan fingerprint density at radius 1 is 0.350 bits per heavy atom. The summed E-state index contributed by atoms with van der Waals surface area (Å²) in [5.74, 6) is 0. The lowest BCUT2D eigenvalue weighted by atomic mass is 9.33. The smallest absolute Gasteiger partial charge is 0.252 e. The molecule has 0 unspecified atom stereocenters. The number of hydrogen-bond donors (Lipinski definition) is 0. The molecule has 9 aromatic carbocycles. The van der Waals surface area contributed by atoms with Gasteiger partial charge in [0.2, 0.25) is 0 Å². The molecule has 5 nitrogen and oxygen atoms in total. The molecule has 0 N–H and O–H groups in total. The Balaban J connectivity index is 1.01. The molecule has 278 valence electrons. The molecule has 60 heavy (non-hydrogen) atoms. The molecule has 14 rings (SSSR count). The number of rotatable bonds is 3. The normalized spacial score (nSPS) is 13.2. The van der Waals surface area contributed by atoms with Crippen LogP contribution in [-0.2, 0) is 0 Å². The third kappa shape index (κ3) is 4.21. The molecule has 12 aromatic rings. The minimum atomic E-state index is 0.00195. The molecule has 2 aliphatic rings. The lowest BCUT2D eigenvalue weighted by Crippen LogP contribution is -2.61. The van der Waals surface area contributed by atoms with E-state index in [1.807, 2.05) is 24.3 Å². The number of nitrogens with zero attached hydrogens (tertiary/aromatic N) is 2. The maximum atomic E-state index is 6.89. The molecule has 6 heteroatoms. The third-order valence-corrected chi connectivity index (χ3v) is 12.9. The van der Waals surface area contributed by atoms with Gasteiger partial charge in [-0.3, -0.25) is 0 Å². The van der Waals surface area contributed by atoms with Crippen LogP contribution >= 0.6 is 0 Å². The van der Waals surface area contributed by atoms with Gasteiger partial charge < -0.3 is 23.1 Å². The van der Waals surface area contributed by atoms with Crippen LogP contribution in [0, 0.1) is 0 Å². The largest absolute Gasteiger partial charge is 0.455 e. The fraction of sp³-hybridized carbons (Fsp3) is 0. The van der Waals surface area contributed by atoms with E-state index in [4.69, 9.17) is 13.3 Å². The molecule has 3 aromatic heterocycles. The van der Waals surface area contributed by atoms with E-state index in [9.17, 15) is 0 Å². The van der Waals surface area contributed by atoms with Crippen molar-refractivity contribution in [1.82, 2.24) is 0 Å². The van der Waals surface area contributed by atoms with E-state index in [0.29, 0.717) is 0 Å². The zero-order chi connectivity index (χ0) is 39.1.